The molecule has 7 nitrogen and oxygen atoms in total. The van der Waals surface area contributed by atoms with Gasteiger partial charge in [0, 0.05) is 12.1 Å². The number of nitrogens with one attached hydrogen (secondary N) is 1. The zero-order valence-corrected chi connectivity index (χ0v) is 18.2. The minimum atomic E-state index is -0.622. The number of aromatic nitrogens is 2. The minimum Gasteiger partial charge on any atom is -0.384 e. The summed E-state index contributed by atoms with van der Waals surface area (Å²) < 4.78 is 2.38. The molecule has 31 heavy (non-hydrogen) atoms. The summed E-state index contributed by atoms with van der Waals surface area (Å²) in [6.45, 7) is 4.83. The fraction of sp³-hybridized carbons (Fsp3) is 0.292. The lowest BCUT2D eigenvalue weighted by Gasteiger charge is -2.18. The molecule has 7 heteroatoms. The van der Waals surface area contributed by atoms with Crippen LogP contribution in [0.25, 0.3) is 0 Å². The average molecular weight is 422 g/mol. The van der Waals surface area contributed by atoms with Gasteiger partial charge in [-0.05, 0) is 25.0 Å². The van der Waals surface area contributed by atoms with E-state index in [1.807, 2.05) is 68.6 Å². The number of rotatable bonds is 8. The number of nitrogens with zero attached hydrogens (tertiary/aromatic N) is 2. The normalized spacial score (nSPS) is 12.0. The zero-order valence-electron chi connectivity index (χ0n) is 18.2. The fourth-order valence-electron chi connectivity index (χ4n) is 3.73. The molecule has 0 fully saturated rings. The van der Waals surface area contributed by atoms with Crippen molar-refractivity contribution in [2.45, 2.75) is 33.5 Å². The van der Waals surface area contributed by atoms with Gasteiger partial charge in [0.25, 0.3) is 5.56 Å². The van der Waals surface area contributed by atoms with E-state index < -0.39 is 11.2 Å². The first-order chi connectivity index (χ1) is 14.8. The predicted octanol–water partition coefficient (Wildman–Crippen LogP) is 0.866. The molecule has 0 saturated carbocycles. The van der Waals surface area contributed by atoms with Crippen molar-refractivity contribution in [3.63, 3.8) is 0 Å². The number of ketones is 1. The second-order valence-corrected chi connectivity index (χ2v) is 7.82. The number of anilines is 1. The molecule has 3 rings (SSSR count). The van der Waals surface area contributed by atoms with Gasteiger partial charge < -0.3 is 10.6 Å². The maximum Gasteiger partial charge on any atom is 0.332 e. The maximum atomic E-state index is 13.1. The van der Waals surface area contributed by atoms with Crippen molar-refractivity contribution < 1.29 is 9.69 Å². The summed E-state index contributed by atoms with van der Waals surface area (Å²) in [5.74, 6) is -0.435. The number of carbonyl (C=O) groups is 1. The van der Waals surface area contributed by atoms with E-state index in [9.17, 15) is 14.4 Å². The monoisotopic (exact) mass is 421 g/mol. The summed E-state index contributed by atoms with van der Waals surface area (Å²) in [7, 11) is 1.90. The third-order valence-corrected chi connectivity index (χ3v) is 5.46. The largest absolute Gasteiger partial charge is 0.384 e. The van der Waals surface area contributed by atoms with Crippen molar-refractivity contribution >= 4 is 11.6 Å². The summed E-state index contributed by atoms with van der Waals surface area (Å²) in [6.07, 6.45) is 0. The molecule has 0 amide bonds. The van der Waals surface area contributed by atoms with Crippen molar-refractivity contribution in [1.29, 1.82) is 0 Å². The molecule has 3 N–H and O–H groups in total. The Morgan fingerprint density at radius 2 is 1.65 bits per heavy atom. The first-order valence-corrected chi connectivity index (χ1v) is 10.4. The van der Waals surface area contributed by atoms with Crippen LogP contribution in [0.1, 0.15) is 34.0 Å². The van der Waals surface area contributed by atoms with Crippen molar-refractivity contribution in [2.24, 2.45) is 0 Å². The standard InChI is InChI=1S/C24H28N4O3/c1-4-27-23(30)21(20(29)16-26(3)15-19-13-9-8-10-17(19)2)22(25)28(24(27)31)14-18-11-6-5-7-12-18/h5-13H,4,14-16,25H2,1-3H3/p+1. The quantitative estimate of drug-likeness (QED) is 0.528. The number of quaternary nitrogens is 1. The molecule has 0 aliphatic carbocycles. The number of benzene rings is 2. The lowest BCUT2D eigenvalue weighted by Crippen LogP contribution is -3.08. The van der Waals surface area contributed by atoms with Crippen LogP contribution in [0.2, 0.25) is 0 Å². The summed E-state index contributed by atoms with van der Waals surface area (Å²) in [5.41, 5.74) is 8.14. The number of nitrogens with two attached hydrogens (primary N) is 1. The highest BCUT2D eigenvalue weighted by molar-refractivity contribution is 6.00. The summed E-state index contributed by atoms with van der Waals surface area (Å²) >= 11 is 0. The third kappa shape index (κ3) is 4.83. The first-order valence-electron chi connectivity index (χ1n) is 10.4. The van der Waals surface area contributed by atoms with Crippen LogP contribution in [0, 0.1) is 6.92 Å². The number of likely N-dealkylation sites (N-methyl/N-ethyl adjacent to an activating group) is 1. The van der Waals surface area contributed by atoms with Gasteiger partial charge in [0.15, 0.2) is 0 Å². The van der Waals surface area contributed by atoms with Crippen LogP contribution >= 0.6 is 0 Å². The molecule has 0 aliphatic heterocycles. The number of hydrogen-bond donors (Lipinski definition) is 2. The highest BCUT2D eigenvalue weighted by Crippen LogP contribution is 2.09. The van der Waals surface area contributed by atoms with Gasteiger partial charge in [-0.1, -0.05) is 54.6 Å². The Morgan fingerprint density at radius 3 is 2.29 bits per heavy atom. The molecule has 3 aromatic rings. The smallest absolute Gasteiger partial charge is 0.332 e. The van der Waals surface area contributed by atoms with Gasteiger partial charge in [0.2, 0.25) is 5.78 Å². The Bertz CT molecular complexity index is 1200. The average Bonchev–Trinajstić information content (AvgIpc) is 2.74. The molecule has 0 saturated heterocycles. The van der Waals surface area contributed by atoms with Gasteiger partial charge >= 0.3 is 5.69 Å². The minimum absolute atomic E-state index is 0.0720. The lowest BCUT2D eigenvalue weighted by atomic mass is 10.1. The van der Waals surface area contributed by atoms with E-state index in [1.54, 1.807) is 6.92 Å². The molecule has 0 bridgehead atoms. The molecule has 1 aromatic heterocycles. The van der Waals surface area contributed by atoms with Gasteiger partial charge in [-0.15, -0.1) is 0 Å². The Balaban J connectivity index is 1.95. The second-order valence-electron chi connectivity index (χ2n) is 7.82. The Morgan fingerprint density at radius 1 is 1.00 bits per heavy atom. The maximum absolute atomic E-state index is 13.1. The molecule has 1 atom stereocenters. The van der Waals surface area contributed by atoms with E-state index in [0.717, 1.165) is 26.2 Å². The number of carbonyl (C=O) groups excluding carboxylic acids is 1. The summed E-state index contributed by atoms with van der Waals surface area (Å²) in [5, 5.41) is 0. The first kappa shape index (κ1) is 22.2. The van der Waals surface area contributed by atoms with Crippen molar-refractivity contribution in [1.82, 2.24) is 9.13 Å². The zero-order chi connectivity index (χ0) is 22.5. The molecule has 0 aliphatic rings. The van der Waals surface area contributed by atoms with Gasteiger partial charge in [0.05, 0.1) is 13.6 Å². The molecular formula is C24H29N4O3+. The van der Waals surface area contributed by atoms with Crippen molar-refractivity contribution in [3.05, 3.63) is 97.7 Å². The Labute approximate surface area is 181 Å². The van der Waals surface area contributed by atoms with Crippen LogP contribution in [0.4, 0.5) is 5.82 Å². The predicted molar refractivity (Wildman–Crippen MR) is 122 cm³/mol. The lowest BCUT2D eigenvalue weighted by molar-refractivity contribution is -0.884. The molecule has 1 heterocycles. The van der Waals surface area contributed by atoms with Crippen LogP contribution < -0.4 is 21.9 Å². The van der Waals surface area contributed by atoms with Crippen LogP contribution in [-0.2, 0) is 19.6 Å². The van der Waals surface area contributed by atoms with Crippen LogP contribution in [-0.4, -0.2) is 28.5 Å². The summed E-state index contributed by atoms with van der Waals surface area (Å²) in [6, 6.07) is 17.3. The van der Waals surface area contributed by atoms with Gasteiger partial charge in [-0.25, -0.2) is 4.79 Å². The van der Waals surface area contributed by atoms with Crippen LogP contribution in [0.15, 0.2) is 64.2 Å². The van der Waals surface area contributed by atoms with E-state index in [2.05, 4.69) is 0 Å². The molecule has 0 spiro atoms. The van der Waals surface area contributed by atoms with Crippen LogP contribution in [0.3, 0.4) is 0 Å². The van der Waals surface area contributed by atoms with Crippen LogP contribution in [0.5, 0.6) is 0 Å². The molecule has 162 valence electrons. The fourth-order valence-corrected chi connectivity index (χ4v) is 3.73. The van der Waals surface area contributed by atoms with E-state index in [1.165, 1.54) is 4.57 Å². The van der Waals surface area contributed by atoms with Crippen molar-refractivity contribution in [3.8, 4) is 0 Å². The van der Waals surface area contributed by atoms with Gasteiger partial charge in [-0.2, -0.15) is 0 Å². The van der Waals surface area contributed by atoms with Crippen molar-refractivity contribution in [2.75, 3.05) is 19.3 Å². The SMILES string of the molecule is CCn1c(=O)c(C(=O)C[NH+](C)Cc2ccccc2C)c(N)n(Cc2ccccc2)c1=O. The summed E-state index contributed by atoms with van der Waals surface area (Å²) in [4.78, 5) is 39.8. The highest BCUT2D eigenvalue weighted by atomic mass is 16.2. The number of hydrogen-bond acceptors (Lipinski definition) is 4. The highest BCUT2D eigenvalue weighted by Gasteiger charge is 2.25. The molecule has 2 aromatic carbocycles. The van der Waals surface area contributed by atoms with E-state index in [-0.39, 0.29) is 36.8 Å². The molecule has 1 unspecified atom stereocenters. The topological polar surface area (TPSA) is 91.5 Å². The van der Waals surface area contributed by atoms with Gasteiger partial charge in [0.1, 0.15) is 24.5 Å². The number of nitrogen functional groups attached to an aromatic ring is 1. The Hall–Kier alpha value is -3.45. The molecule has 0 radical (unpaired) electrons. The van der Waals surface area contributed by atoms with E-state index in [0.29, 0.717) is 6.54 Å². The van der Waals surface area contributed by atoms with E-state index >= 15 is 0 Å². The second kappa shape index (κ2) is 9.57. The number of Topliss-reactive ketones (excluding diaryl/α,β-unsaturated/α-hetero) is 1. The number of aryl methyl sites for hydroxylation is 1. The van der Waals surface area contributed by atoms with E-state index in [4.69, 9.17) is 5.73 Å². The molecular weight excluding hydrogens is 392 g/mol. The Kier molecular flexibility index (Phi) is 6.87. The third-order valence-electron chi connectivity index (χ3n) is 5.46. The van der Waals surface area contributed by atoms with Gasteiger partial charge in [-0.3, -0.25) is 18.7 Å².